The average Bonchev–Trinajstić information content (AvgIpc) is 3.03. The fraction of sp³-hybridized carbons (Fsp3) is 0.824. The second-order valence-electron chi connectivity index (χ2n) is 6.70. The molecule has 1 aromatic rings. The maximum atomic E-state index is 5.44. The molecule has 2 aliphatic rings. The second kappa shape index (κ2) is 7.41. The molecule has 21 heavy (non-hydrogen) atoms. The summed E-state index contributed by atoms with van der Waals surface area (Å²) >= 11 is 0. The third kappa shape index (κ3) is 4.07. The lowest BCUT2D eigenvalue weighted by atomic mass is 9.93. The molecule has 1 saturated carbocycles. The van der Waals surface area contributed by atoms with Crippen LogP contribution in [0.5, 0.6) is 0 Å². The molecule has 0 spiro atoms. The monoisotopic (exact) mass is 291 g/mol. The Labute approximate surface area is 128 Å². The van der Waals surface area contributed by atoms with E-state index in [2.05, 4.69) is 29.2 Å². The van der Waals surface area contributed by atoms with Crippen LogP contribution < -0.4 is 5.32 Å². The van der Waals surface area contributed by atoms with Gasteiger partial charge in [0.15, 0.2) is 0 Å². The predicted octanol–water partition coefficient (Wildman–Crippen LogP) is 3.29. The van der Waals surface area contributed by atoms with Gasteiger partial charge in [-0.05, 0) is 44.6 Å². The first-order valence-electron chi connectivity index (χ1n) is 8.68. The highest BCUT2D eigenvalue weighted by molar-refractivity contribution is 5.00. The quantitative estimate of drug-likeness (QED) is 0.905. The average molecular weight is 291 g/mol. The molecule has 3 rings (SSSR count). The molecule has 1 atom stereocenters. The minimum Gasteiger partial charge on any atom is -0.381 e. The maximum absolute atomic E-state index is 5.44. The Morgan fingerprint density at radius 2 is 2.00 bits per heavy atom. The molecule has 0 bridgehead atoms. The van der Waals surface area contributed by atoms with Crippen molar-refractivity contribution >= 4 is 0 Å². The Morgan fingerprint density at radius 3 is 2.76 bits per heavy atom. The van der Waals surface area contributed by atoms with E-state index < -0.39 is 0 Å². The molecule has 4 nitrogen and oxygen atoms in total. The van der Waals surface area contributed by atoms with Crippen LogP contribution in [0.1, 0.15) is 63.6 Å². The molecule has 0 radical (unpaired) electrons. The summed E-state index contributed by atoms with van der Waals surface area (Å²) in [6.07, 6.45) is 11.3. The zero-order valence-electron chi connectivity index (χ0n) is 13.3. The van der Waals surface area contributed by atoms with Crippen LogP contribution in [0.4, 0.5) is 0 Å². The van der Waals surface area contributed by atoms with E-state index in [1.807, 2.05) is 0 Å². The fourth-order valence-electron chi connectivity index (χ4n) is 3.67. The van der Waals surface area contributed by atoms with Gasteiger partial charge in [-0.3, -0.25) is 4.68 Å². The van der Waals surface area contributed by atoms with E-state index in [9.17, 15) is 0 Å². The summed E-state index contributed by atoms with van der Waals surface area (Å²) in [5.74, 6) is 0.749. The summed E-state index contributed by atoms with van der Waals surface area (Å²) < 4.78 is 7.64. The van der Waals surface area contributed by atoms with Gasteiger partial charge in [0.2, 0.25) is 0 Å². The number of ether oxygens (including phenoxy) is 1. The topological polar surface area (TPSA) is 39.1 Å². The summed E-state index contributed by atoms with van der Waals surface area (Å²) in [7, 11) is 0. The Morgan fingerprint density at radius 1 is 1.24 bits per heavy atom. The van der Waals surface area contributed by atoms with Gasteiger partial charge in [0.05, 0.1) is 11.7 Å². The van der Waals surface area contributed by atoms with Crippen molar-refractivity contribution in [2.24, 2.45) is 5.92 Å². The van der Waals surface area contributed by atoms with Crippen LogP contribution in [0.2, 0.25) is 0 Å². The molecule has 1 aliphatic carbocycles. The molecule has 0 aromatic carbocycles. The van der Waals surface area contributed by atoms with Gasteiger partial charge < -0.3 is 10.1 Å². The van der Waals surface area contributed by atoms with E-state index in [1.165, 1.54) is 50.6 Å². The van der Waals surface area contributed by atoms with Crippen molar-refractivity contribution in [2.75, 3.05) is 13.2 Å². The van der Waals surface area contributed by atoms with Crippen LogP contribution in [0, 0.1) is 5.92 Å². The Balaban J connectivity index is 1.47. The molecule has 4 heteroatoms. The zero-order chi connectivity index (χ0) is 14.5. The van der Waals surface area contributed by atoms with Crippen LogP contribution >= 0.6 is 0 Å². The Kier molecular flexibility index (Phi) is 5.31. The number of aromatic nitrogens is 2. The molecular formula is C17H29N3O. The van der Waals surface area contributed by atoms with Gasteiger partial charge >= 0.3 is 0 Å². The minimum atomic E-state index is 0.550. The smallest absolute Gasteiger partial charge is 0.0762 e. The second-order valence-corrected chi connectivity index (χ2v) is 6.70. The normalized spacial score (nSPS) is 23.3. The highest BCUT2D eigenvalue weighted by Crippen LogP contribution is 2.27. The first-order valence-corrected chi connectivity index (χ1v) is 8.68. The van der Waals surface area contributed by atoms with Gasteiger partial charge in [-0.1, -0.05) is 19.3 Å². The lowest BCUT2D eigenvalue weighted by molar-refractivity contribution is 0.0557. The highest BCUT2D eigenvalue weighted by Gasteiger charge is 2.20. The van der Waals surface area contributed by atoms with Crippen molar-refractivity contribution in [1.29, 1.82) is 0 Å². The predicted molar refractivity (Wildman–Crippen MR) is 84.2 cm³/mol. The van der Waals surface area contributed by atoms with Crippen molar-refractivity contribution in [1.82, 2.24) is 15.1 Å². The molecule has 1 unspecified atom stereocenters. The van der Waals surface area contributed by atoms with Crippen molar-refractivity contribution in [3.05, 3.63) is 18.0 Å². The molecule has 1 aromatic heterocycles. The summed E-state index contributed by atoms with van der Waals surface area (Å²) in [6.45, 7) is 5.03. The van der Waals surface area contributed by atoms with Crippen LogP contribution in [0.15, 0.2) is 12.3 Å². The fourth-order valence-corrected chi connectivity index (χ4v) is 3.67. The molecule has 2 fully saturated rings. The standard InChI is InChI=1S/C17H29N3O/c1-14(15-8-11-21-12-9-15)18-13-16-7-10-20(19-16)17-5-3-2-4-6-17/h7,10,14-15,17-18H,2-6,8-9,11-13H2,1H3. The van der Waals surface area contributed by atoms with Crippen molar-refractivity contribution in [3.63, 3.8) is 0 Å². The van der Waals surface area contributed by atoms with Crippen LogP contribution in [-0.4, -0.2) is 29.0 Å². The molecule has 1 N–H and O–H groups in total. The maximum Gasteiger partial charge on any atom is 0.0762 e. The number of hydrogen-bond acceptors (Lipinski definition) is 3. The molecule has 2 heterocycles. The first kappa shape index (κ1) is 15.0. The van der Waals surface area contributed by atoms with Crippen LogP contribution in [0.3, 0.4) is 0 Å². The van der Waals surface area contributed by atoms with Crippen molar-refractivity contribution in [2.45, 2.75) is 70.5 Å². The Bertz CT molecular complexity index is 419. The number of hydrogen-bond donors (Lipinski definition) is 1. The van der Waals surface area contributed by atoms with Gasteiger partial charge in [0, 0.05) is 32.0 Å². The van der Waals surface area contributed by atoms with Gasteiger partial charge in [-0.25, -0.2) is 0 Å². The zero-order valence-corrected chi connectivity index (χ0v) is 13.3. The summed E-state index contributed by atoms with van der Waals surface area (Å²) in [6, 6.07) is 3.37. The lowest BCUT2D eigenvalue weighted by Gasteiger charge is -2.28. The summed E-state index contributed by atoms with van der Waals surface area (Å²) in [5, 5.41) is 8.43. The molecule has 1 aliphatic heterocycles. The van der Waals surface area contributed by atoms with Gasteiger partial charge in [-0.15, -0.1) is 0 Å². The van der Waals surface area contributed by atoms with Gasteiger partial charge in [-0.2, -0.15) is 5.10 Å². The number of nitrogens with zero attached hydrogens (tertiary/aromatic N) is 2. The third-order valence-electron chi connectivity index (χ3n) is 5.19. The molecule has 118 valence electrons. The number of nitrogens with one attached hydrogen (secondary N) is 1. The van der Waals surface area contributed by atoms with Crippen LogP contribution in [0.25, 0.3) is 0 Å². The van der Waals surface area contributed by atoms with E-state index in [4.69, 9.17) is 9.84 Å². The number of rotatable bonds is 5. The van der Waals surface area contributed by atoms with Crippen molar-refractivity contribution in [3.8, 4) is 0 Å². The van der Waals surface area contributed by atoms with E-state index >= 15 is 0 Å². The summed E-state index contributed by atoms with van der Waals surface area (Å²) in [4.78, 5) is 0. The van der Waals surface area contributed by atoms with E-state index in [1.54, 1.807) is 0 Å². The lowest BCUT2D eigenvalue weighted by Crippen LogP contribution is -2.36. The summed E-state index contributed by atoms with van der Waals surface area (Å²) in [5.41, 5.74) is 1.18. The highest BCUT2D eigenvalue weighted by atomic mass is 16.5. The van der Waals surface area contributed by atoms with Crippen LogP contribution in [-0.2, 0) is 11.3 Å². The van der Waals surface area contributed by atoms with E-state index in [-0.39, 0.29) is 0 Å². The molecular weight excluding hydrogens is 262 g/mol. The minimum absolute atomic E-state index is 0.550. The third-order valence-corrected chi connectivity index (χ3v) is 5.19. The molecule has 1 saturated heterocycles. The largest absolute Gasteiger partial charge is 0.381 e. The Hall–Kier alpha value is -0.870. The van der Waals surface area contributed by atoms with E-state index in [0.717, 1.165) is 25.7 Å². The first-order chi connectivity index (χ1) is 10.3. The van der Waals surface area contributed by atoms with E-state index in [0.29, 0.717) is 12.1 Å². The van der Waals surface area contributed by atoms with Gasteiger partial charge in [0.1, 0.15) is 0 Å². The SMILES string of the molecule is CC(NCc1ccn(C2CCCCC2)n1)C1CCOCC1. The van der Waals surface area contributed by atoms with Gasteiger partial charge in [0.25, 0.3) is 0 Å². The van der Waals surface area contributed by atoms with Crippen molar-refractivity contribution < 1.29 is 4.74 Å². The molecule has 0 amide bonds.